The number of amides is 2. The smallest absolute Gasteiger partial charge is 0.254 e. The SMILES string of the molecule is O=C(CN(Cc1ccco1)C(=O)c1ccc2c(c1)OCO2)N1CCN(c2ccc(-c3ccccc3Cl)nn2)CC1. The summed E-state index contributed by atoms with van der Waals surface area (Å²) in [5.74, 6) is 1.99. The van der Waals surface area contributed by atoms with E-state index in [4.69, 9.17) is 25.5 Å². The molecule has 0 spiro atoms. The van der Waals surface area contributed by atoms with Gasteiger partial charge in [-0.2, -0.15) is 0 Å². The van der Waals surface area contributed by atoms with Crippen molar-refractivity contribution >= 4 is 29.2 Å². The van der Waals surface area contributed by atoms with Crippen molar-refractivity contribution in [1.82, 2.24) is 20.0 Å². The van der Waals surface area contributed by atoms with Gasteiger partial charge in [0, 0.05) is 37.3 Å². The van der Waals surface area contributed by atoms with Gasteiger partial charge in [0.05, 0.1) is 23.5 Å². The van der Waals surface area contributed by atoms with E-state index < -0.39 is 0 Å². The zero-order valence-electron chi connectivity index (χ0n) is 21.5. The number of anilines is 1. The first-order valence-electron chi connectivity index (χ1n) is 12.9. The quantitative estimate of drug-likeness (QED) is 0.333. The Balaban J connectivity index is 1.10. The van der Waals surface area contributed by atoms with Gasteiger partial charge >= 0.3 is 0 Å². The predicted molar refractivity (Wildman–Crippen MR) is 147 cm³/mol. The number of hydrogen-bond donors (Lipinski definition) is 0. The molecule has 1 saturated heterocycles. The van der Waals surface area contributed by atoms with E-state index >= 15 is 0 Å². The number of carbonyl (C=O) groups is 2. The van der Waals surface area contributed by atoms with Gasteiger partial charge in [-0.1, -0.05) is 29.8 Å². The first kappa shape index (κ1) is 25.7. The van der Waals surface area contributed by atoms with E-state index in [-0.39, 0.29) is 31.7 Å². The molecule has 10 nitrogen and oxygen atoms in total. The number of piperazine rings is 1. The summed E-state index contributed by atoms with van der Waals surface area (Å²) in [4.78, 5) is 32.1. The first-order chi connectivity index (χ1) is 19.5. The predicted octanol–water partition coefficient (Wildman–Crippen LogP) is 4.11. The molecule has 0 bridgehead atoms. The van der Waals surface area contributed by atoms with Crippen LogP contribution in [0.2, 0.25) is 5.02 Å². The van der Waals surface area contributed by atoms with Crippen LogP contribution in [0.4, 0.5) is 5.82 Å². The Labute approximate surface area is 235 Å². The molecule has 11 heteroatoms. The van der Waals surface area contributed by atoms with E-state index in [0.717, 1.165) is 11.4 Å². The molecule has 2 aliphatic heterocycles. The Bertz CT molecular complexity index is 1500. The van der Waals surface area contributed by atoms with Gasteiger partial charge in [-0.15, -0.1) is 10.2 Å². The molecule has 4 heterocycles. The zero-order chi connectivity index (χ0) is 27.5. The standard InChI is InChI=1S/C29H26ClN5O5/c30-23-6-2-1-5-22(23)24-8-10-27(32-31-24)33-11-13-34(14-12-33)28(36)18-35(17-21-4-3-15-38-21)29(37)20-7-9-25-26(16-20)40-19-39-25/h1-10,15-16H,11-14,17-19H2. The van der Waals surface area contributed by atoms with E-state index in [1.807, 2.05) is 36.4 Å². The van der Waals surface area contributed by atoms with Gasteiger partial charge in [0.1, 0.15) is 12.3 Å². The highest BCUT2D eigenvalue weighted by Gasteiger charge is 2.27. The molecule has 204 valence electrons. The third-order valence-corrected chi connectivity index (χ3v) is 7.25. The second-order valence-corrected chi connectivity index (χ2v) is 9.84. The average molecular weight is 560 g/mol. The van der Waals surface area contributed by atoms with Crippen LogP contribution in [-0.2, 0) is 11.3 Å². The van der Waals surface area contributed by atoms with Crippen molar-refractivity contribution in [3.05, 3.63) is 89.3 Å². The van der Waals surface area contributed by atoms with Gasteiger partial charge < -0.3 is 28.6 Å². The Kier molecular flexibility index (Phi) is 7.24. The molecule has 0 aliphatic carbocycles. The Morgan fingerprint density at radius 2 is 1.73 bits per heavy atom. The first-order valence-corrected chi connectivity index (χ1v) is 13.3. The number of hydrogen-bond acceptors (Lipinski definition) is 8. The number of halogens is 1. The Hall–Kier alpha value is -4.57. The lowest BCUT2D eigenvalue weighted by molar-refractivity contribution is -0.132. The Morgan fingerprint density at radius 1 is 0.900 bits per heavy atom. The van der Waals surface area contributed by atoms with Crippen molar-refractivity contribution in [3.63, 3.8) is 0 Å². The minimum absolute atomic E-state index is 0.0830. The summed E-state index contributed by atoms with van der Waals surface area (Å²) in [5, 5.41) is 9.37. The lowest BCUT2D eigenvalue weighted by atomic mass is 10.1. The van der Waals surface area contributed by atoms with Crippen LogP contribution in [0, 0.1) is 0 Å². The molecule has 2 aliphatic rings. The number of nitrogens with zero attached hydrogens (tertiary/aromatic N) is 5. The molecule has 0 N–H and O–H groups in total. The number of rotatable bonds is 7. The van der Waals surface area contributed by atoms with Gasteiger partial charge in [-0.05, 0) is 48.5 Å². The number of fused-ring (bicyclic) bond motifs is 1. The van der Waals surface area contributed by atoms with Crippen LogP contribution in [0.1, 0.15) is 16.1 Å². The van der Waals surface area contributed by atoms with Crippen LogP contribution >= 0.6 is 11.6 Å². The average Bonchev–Trinajstić information content (AvgIpc) is 3.69. The topological polar surface area (TPSA) is 101 Å². The van der Waals surface area contributed by atoms with Gasteiger partial charge in [0.15, 0.2) is 17.3 Å². The summed E-state index contributed by atoms with van der Waals surface area (Å²) in [7, 11) is 0. The van der Waals surface area contributed by atoms with Crippen LogP contribution in [-0.4, -0.2) is 71.3 Å². The number of furan rings is 1. The highest BCUT2D eigenvalue weighted by atomic mass is 35.5. The van der Waals surface area contributed by atoms with Crippen LogP contribution < -0.4 is 14.4 Å². The van der Waals surface area contributed by atoms with Crippen molar-refractivity contribution in [1.29, 1.82) is 0 Å². The van der Waals surface area contributed by atoms with Gasteiger partial charge in [-0.3, -0.25) is 9.59 Å². The van der Waals surface area contributed by atoms with Gasteiger partial charge in [0.25, 0.3) is 5.91 Å². The summed E-state index contributed by atoms with van der Waals surface area (Å²) < 4.78 is 16.2. The Morgan fingerprint density at radius 3 is 2.48 bits per heavy atom. The fourth-order valence-corrected chi connectivity index (χ4v) is 4.99. The van der Waals surface area contributed by atoms with Crippen LogP contribution in [0.15, 0.2) is 77.4 Å². The van der Waals surface area contributed by atoms with E-state index in [0.29, 0.717) is 59.7 Å². The number of carbonyl (C=O) groups excluding carboxylic acids is 2. The largest absolute Gasteiger partial charge is 0.467 e. The molecule has 0 unspecified atom stereocenters. The van der Waals surface area contributed by atoms with Gasteiger partial charge in [0.2, 0.25) is 12.7 Å². The van der Waals surface area contributed by atoms with Crippen molar-refractivity contribution in [2.24, 2.45) is 0 Å². The molecule has 2 aromatic heterocycles. The van der Waals surface area contributed by atoms with Crippen molar-refractivity contribution in [3.8, 4) is 22.8 Å². The molecule has 40 heavy (non-hydrogen) atoms. The second kappa shape index (κ2) is 11.3. The molecule has 0 saturated carbocycles. The number of aromatic nitrogens is 2. The molecule has 0 atom stereocenters. The van der Waals surface area contributed by atoms with Crippen molar-refractivity contribution in [2.75, 3.05) is 44.4 Å². The van der Waals surface area contributed by atoms with E-state index in [2.05, 4.69) is 15.1 Å². The maximum atomic E-state index is 13.5. The normalized spacial score (nSPS) is 14.3. The summed E-state index contributed by atoms with van der Waals surface area (Å²) in [6.45, 7) is 2.39. The highest BCUT2D eigenvalue weighted by Crippen LogP contribution is 2.33. The lowest BCUT2D eigenvalue weighted by Gasteiger charge is -2.36. The van der Waals surface area contributed by atoms with E-state index in [1.54, 1.807) is 41.5 Å². The molecule has 6 rings (SSSR count). The molecule has 4 aromatic rings. The number of benzene rings is 2. The maximum Gasteiger partial charge on any atom is 0.254 e. The van der Waals surface area contributed by atoms with Crippen LogP contribution in [0.25, 0.3) is 11.3 Å². The molecule has 2 aromatic carbocycles. The summed E-state index contributed by atoms with van der Waals surface area (Å²) in [6.07, 6.45) is 1.55. The maximum absolute atomic E-state index is 13.5. The lowest BCUT2D eigenvalue weighted by Crippen LogP contribution is -2.52. The van der Waals surface area contributed by atoms with Gasteiger partial charge in [-0.25, -0.2) is 0 Å². The molecule has 2 amide bonds. The highest BCUT2D eigenvalue weighted by molar-refractivity contribution is 6.33. The summed E-state index contributed by atoms with van der Waals surface area (Å²) >= 11 is 6.29. The molecular formula is C29H26ClN5O5. The zero-order valence-corrected chi connectivity index (χ0v) is 22.3. The van der Waals surface area contributed by atoms with Crippen LogP contribution in [0.5, 0.6) is 11.5 Å². The summed E-state index contributed by atoms with van der Waals surface area (Å²) in [5.41, 5.74) is 1.94. The van der Waals surface area contributed by atoms with E-state index in [9.17, 15) is 9.59 Å². The van der Waals surface area contributed by atoms with E-state index in [1.165, 1.54) is 4.90 Å². The van der Waals surface area contributed by atoms with Crippen molar-refractivity contribution in [2.45, 2.75) is 6.54 Å². The molecular weight excluding hydrogens is 534 g/mol. The third kappa shape index (κ3) is 5.43. The van der Waals surface area contributed by atoms with Crippen molar-refractivity contribution < 1.29 is 23.5 Å². The van der Waals surface area contributed by atoms with Crippen LogP contribution in [0.3, 0.4) is 0 Å². The minimum Gasteiger partial charge on any atom is -0.467 e. The fraction of sp³-hybridized carbons (Fsp3) is 0.241. The monoisotopic (exact) mass is 559 g/mol. The minimum atomic E-state index is -0.296. The molecule has 1 fully saturated rings. The second-order valence-electron chi connectivity index (χ2n) is 9.43. The number of ether oxygens (including phenoxy) is 2. The fourth-order valence-electron chi connectivity index (χ4n) is 4.76. The third-order valence-electron chi connectivity index (χ3n) is 6.92. The molecule has 0 radical (unpaired) electrons. The summed E-state index contributed by atoms with van der Waals surface area (Å²) in [6, 6.07) is 19.9.